The van der Waals surface area contributed by atoms with E-state index in [0.717, 1.165) is 23.3 Å². The van der Waals surface area contributed by atoms with E-state index in [1.165, 1.54) is 11.8 Å². The molecule has 2 unspecified atom stereocenters. The maximum Gasteiger partial charge on any atom is 0.235 e. The summed E-state index contributed by atoms with van der Waals surface area (Å²) in [5, 5.41) is 4.30. The Morgan fingerprint density at radius 1 is 1.37 bits per heavy atom. The zero-order valence-electron chi connectivity index (χ0n) is 15.7. The van der Waals surface area contributed by atoms with Gasteiger partial charge in [-0.05, 0) is 32.4 Å². The zero-order valence-corrected chi connectivity index (χ0v) is 17.3. The van der Waals surface area contributed by atoms with Gasteiger partial charge < -0.3 is 10.2 Å². The predicted octanol–water partition coefficient (Wildman–Crippen LogP) is 2.19. The normalized spacial score (nSPS) is 19.7. The van der Waals surface area contributed by atoms with Crippen molar-refractivity contribution in [3.8, 4) is 0 Å². The van der Waals surface area contributed by atoms with E-state index >= 15 is 0 Å². The second kappa shape index (κ2) is 8.02. The summed E-state index contributed by atoms with van der Waals surface area (Å²) in [5.41, 5.74) is 0.820. The van der Waals surface area contributed by atoms with Crippen LogP contribution in [-0.4, -0.2) is 65.6 Å². The average molecular weight is 409 g/mol. The Morgan fingerprint density at radius 2 is 2.11 bits per heavy atom. The van der Waals surface area contributed by atoms with Crippen molar-refractivity contribution in [1.29, 1.82) is 0 Å². The second-order valence-electron chi connectivity index (χ2n) is 6.67. The van der Waals surface area contributed by atoms with E-state index in [1.54, 1.807) is 18.9 Å². The van der Waals surface area contributed by atoms with Crippen LogP contribution in [0.15, 0.2) is 29.4 Å². The third-order valence-electron chi connectivity index (χ3n) is 4.66. The highest BCUT2D eigenvalue weighted by molar-refractivity contribution is 8.00. The van der Waals surface area contributed by atoms with Crippen LogP contribution in [0.3, 0.4) is 0 Å². The number of carbonyl (C=O) groups excluding carboxylic acids is 1. The van der Waals surface area contributed by atoms with Crippen molar-refractivity contribution in [3.63, 3.8) is 0 Å². The van der Waals surface area contributed by atoms with Gasteiger partial charge in [-0.25, -0.2) is 18.4 Å². The van der Waals surface area contributed by atoms with Crippen molar-refractivity contribution in [2.45, 2.75) is 36.7 Å². The van der Waals surface area contributed by atoms with Crippen LogP contribution in [0.1, 0.15) is 20.3 Å². The van der Waals surface area contributed by atoms with Crippen molar-refractivity contribution < 1.29 is 13.2 Å². The number of benzene rings is 1. The molecule has 2 aromatic rings. The van der Waals surface area contributed by atoms with Gasteiger partial charge >= 0.3 is 0 Å². The summed E-state index contributed by atoms with van der Waals surface area (Å²) in [6.07, 6.45) is 0.499. The number of rotatable bonds is 6. The van der Waals surface area contributed by atoms with Gasteiger partial charge in [0.15, 0.2) is 15.0 Å². The number of amides is 1. The molecule has 0 saturated carbocycles. The number of hydrogen-bond acceptors (Lipinski definition) is 7. The predicted molar refractivity (Wildman–Crippen MR) is 109 cm³/mol. The molecule has 1 aliphatic rings. The van der Waals surface area contributed by atoms with Crippen LogP contribution in [0.2, 0.25) is 0 Å². The number of fused-ring (bicyclic) bond motifs is 1. The lowest BCUT2D eigenvalue weighted by Crippen LogP contribution is -2.41. The summed E-state index contributed by atoms with van der Waals surface area (Å²) in [7, 11) is -1.35. The van der Waals surface area contributed by atoms with Crippen LogP contribution in [0, 0.1) is 0 Å². The first-order valence-electron chi connectivity index (χ1n) is 8.95. The molecule has 1 saturated heterocycles. The minimum Gasteiger partial charge on any atom is -0.370 e. The lowest BCUT2D eigenvalue weighted by Gasteiger charge is -2.26. The molecule has 0 aliphatic carbocycles. The number of nitrogens with zero attached hydrogens (tertiary/aromatic N) is 3. The van der Waals surface area contributed by atoms with Crippen molar-refractivity contribution >= 4 is 44.2 Å². The molecule has 7 nitrogen and oxygen atoms in total. The lowest BCUT2D eigenvalue weighted by molar-refractivity contribution is -0.130. The van der Waals surface area contributed by atoms with Crippen molar-refractivity contribution in [3.05, 3.63) is 24.3 Å². The molecular formula is C18H24N4O3S2. The molecule has 2 heterocycles. The first kappa shape index (κ1) is 19.9. The summed E-state index contributed by atoms with van der Waals surface area (Å²) in [6.45, 7) is 4.54. The summed E-state index contributed by atoms with van der Waals surface area (Å²) in [6, 6.07) is 7.49. The maximum absolute atomic E-state index is 12.8. The van der Waals surface area contributed by atoms with Gasteiger partial charge in [-0.15, -0.1) is 0 Å². The van der Waals surface area contributed by atoms with Crippen LogP contribution in [0.5, 0.6) is 0 Å². The fraction of sp³-hybridized carbons (Fsp3) is 0.500. The van der Waals surface area contributed by atoms with E-state index in [0.29, 0.717) is 11.6 Å². The van der Waals surface area contributed by atoms with Crippen LogP contribution < -0.4 is 5.32 Å². The molecule has 1 aliphatic heterocycles. The van der Waals surface area contributed by atoms with Crippen molar-refractivity contribution in [1.82, 2.24) is 14.9 Å². The lowest BCUT2D eigenvalue weighted by atomic mass is 10.2. The van der Waals surface area contributed by atoms with Gasteiger partial charge in [0.25, 0.3) is 0 Å². The van der Waals surface area contributed by atoms with Crippen LogP contribution in [-0.2, 0) is 14.6 Å². The standard InChI is InChI=1S/C18H24N4O3S2/c1-4-19-16-14-7-5-6-8-15(14)20-18(21-16)26-12(2)17(23)22(3)13-9-10-27(24,25)11-13/h5-8,12-13H,4,9-11H2,1-3H3,(H,19,20,21). The number of aromatic nitrogens is 2. The Kier molecular flexibility index (Phi) is 5.90. The number of para-hydroxylation sites is 1. The molecule has 1 amide bonds. The van der Waals surface area contributed by atoms with Gasteiger partial charge in [-0.1, -0.05) is 23.9 Å². The Balaban J connectivity index is 1.77. The molecule has 146 valence electrons. The number of hydrogen-bond donors (Lipinski definition) is 1. The highest BCUT2D eigenvalue weighted by atomic mass is 32.2. The molecular weight excluding hydrogens is 384 g/mol. The second-order valence-corrected chi connectivity index (χ2v) is 10.2. The van der Waals surface area contributed by atoms with E-state index in [1.807, 2.05) is 31.2 Å². The minimum atomic E-state index is -3.03. The van der Waals surface area contributed by atoms with E-state index in [4.69, 9.17) is 0 Å². The average Bonchev–Trinajstić information content (AvgIpc) is 3.00. The zero-order chi connectivity index (χ0) is 19.6. The summed E-state index contributed by atoms with van der Waals surface area (Å²) < 4.78 is 23.4. The summed E-state index contributed by atoms with van der Waals surface area (Å²) in [5.74, 6) is 0.838. The number of thioether (sulfide) groups is 1. The van der Waals surface area contributed by atoms with Crippen LogP contribution >= 0.6 is 11.8 Å². The number of carbonyl (C=O) groups is 1. The van der Waals surface area contributed by atoms with E-state index in [2.05, 4.69) is 15.3 Å². The molecule has 1 aromatic carbocycles. The van der Waals surface area contributed by atoms with Crippen molar-refractivity contribution in [2.75, 3.05) is 30.4 Å². The first-order chi connectivity index (χ1) is 12.8. The van der Waals surface area contributed by atoms with Crippen LogP contribution in [0.25, 0.3) is 10.9 Å². The smallest absolute Gasteiger partial charge is 0.235 e. The Labute approximate surface area is 163 Å². The van der Waals surface area contributed by atoms with E-state index in [-0.39, 0.29) is 23.5 Å². The van der Waals surface area contributed by atoms with Gasteiger partial charge in [0.1, 0.15) is 5.82 Å². The van der Waals surface area contributed by atoms with Gasteiger partial charge in [-0.3, -0.25) is 4.79 Å². The molecule has 0 bridgehead atoms. The molecule has 1 aromatic heterocycles. The molecule has 27 heavy (non-hydrogen) atoms. The third kappa shape index (κ3) is 4.52. The van der Waals surface area contributed by atoms with Gasteiger partial charge in [0, 0.05) is 25.0 Å². The SMILES string of the molecule is CCNc1nc(SC(C)C(=O)N(C)C2CCS(=O)(=O)C2)nc2ccccc12. The topological polar surface area (TPSA) is 92.3 Å². The van der Waals surface area contributed by atoms with Gasteiger partial charge in [0.2, 0.25) is 5.91 Å². The molecule has 9 heteroatoms. The van der Waals surface area contributed by atoms with Gasteiger partial charge in [-0.2, -0.15) is 0 Å². The molecule has 0 radical (unpaired) electrons. The number of sulfone groups is 1. The monoisotopic (exact) mass is 408 g/mol. The molecule has 0 spiro atoms. The highest BCUT2D eigenvalue weighted by Crippen LogP contribution is 2.28. The molecule has 1 fully saturated rings. The van der Waals surface area contributed by atoms with E-state index in [9.17, 15) is 13.2 Å². The fourth-order valence-corrected chi connectivity index (χ4v) is 5.82. The Bertz CT molecular complexity index is 949. The Hall–Kier alpha value is -1.87. The third-order valence-corrected chi connectivity index (χ3v) is 7.36. The molecule has 1 N–H and O–H groups in total. The maximum atomic E-state index is 12.8. The number of anilines is 1. The van der Waals surface area contributed by atoms with E-state index < -0.39 is 15.1 Å². The highest BCUT2D eigenvalue weighted by Gasteiger charge is 2.34. The first-order valence-corrected chi connectivity index (χ1v) is 11.6. The van der Waals surface area contributed by atoms with Crippen molar-refractivity contribution in [2.24, 2.45) is 0 Å². The number of nitrogens with one attached hydrogen (secondary N) is 1. The molecule has 2 atom stereocenters. The summed E-state index contributed by atoms with van der Waals surface area (Å²) >= 11 is 1.29. The molecule has 3 rings (SSSR count). The fourth-order valence-electron chi connectivity index (χ4n) is 3.17. The van der Waals surface area contributed by atoms with Crippen LogP contribution in [0.4, 0.5) is 5.82 Å². The minimum absolute atomic E-state index is 0.0453. The quantitative estimate of drug-likeness (QED) is 0.578. The Morgan fingerprint density at radius 3 is 2.78 bits per heavy atom. The van der Waals surface area contributed by atoms with Gasteiger partial charge in [0.05, 0.1) is 22.3 Å². The summed E-state index contributed by atoms with van der Waals surface area (Å²) in [4.78, 5) is 23.5. The largest absolute Gasteiger partial charge is 0.370 e.